The first-order valence-electron chi connectivity index (χ1n) is 5.60. The Morgan fingerprint density at radius 3 is 2.12 bits per heavy atom. The zero-order valence-corrected chi connectivity index (χ0v) is 10.1. The average Bonchev–Trinajstić information content (AvgIpc) is 3.20. The third kappa shape index (κ3) is 1.64. The normalized spacial score (nSPS) is 32.8. The number of hydrogen-bond acceptors (Lipinski definition) is 3. The van der Waals surface area contributed by atoms with Gasteiger partial charge in [-0.3, -0.25) is 0 Å². The predicted octanol–water partition coefficient (Wildman–Crippen LogP) is 2.82. The second kappa shape index (κ2) is 3.69. The lowest BCUT2D eigenvalue weighted by Crippen LogP contribution is -2.06. The Hall–Kier alpha value is -0.630. The molecule has 2 heterocycles. The molecule has 0 radical (unpaired) electrons. The quantitative estimate of drug-likeness (QED) is 0.598. The Kier molecular flexibility index (Phi) is 2.43. The molecule has 2 aliphatic heterocycles. The molecule has 0 bridgehead atoms. The fraction of sp³-hybridized carbons (Fsp3) is 0.500. The molecule has 0 spiro atoms. The molecule has 0 saturated carbocycles. The molecule has 0 N–H and O–H groups in total. The molecule has 1 aromatic rings. The second-order valence-corrected chi connectivity index (χ2v) is 7.88. The van der Waals surface area contributed by atoms with Gasteiger partial charge in [0.25, 0.3) is 0 Å². The van der Waals surface area contributed by atoms with Crippen LogP contribution >= 0.6 is 7.14 Å². The summed E-state index contributed by atoms with van der Waals surface area (Å²) in [5, 5.41) is 0. The van der Waals surface area contributed by atoms with Gasteiger partial charge >= 0.3 is 0 Å². The summed E-state index contributed by atoms with van der Waals surface area (Å²) in [6, 6.07) is 10.0. The molecule has 2 aliphatic rings. The summed E-state index contributed by atoms with van der Waals surface area (Å²) in [6.45, 7) is 3.29. The van der Waals surface area contributed by atoms with E-state index in [2.05, 4.69) is 0 Å². The zero-order chi connectivity index (χ0) is 11.2. The SMILES string of the molecule is CC(c1ccccc1)P(=O)(C1CO1)C1CO1. The van der Waals surface area contributed by atoms with Gasteiger partial charge in [-0.1, -0.05) is 37.3 Å². The third-order valence-electron chi connectivity index (χ3n) is 3.42. The van der Waals surface area contributed by atoms with Crippen molar-refractivity contribution < 1.29 is 14.0 Å². The molecule has 3 unspecified atom stereocenters. The van der Waals surface area contributed by atoms with Crippen LogP contribution in [0.1, 0.15) is 18.1 Å². The molecule has 0 aromatic heterocycles. The van der Waals surface area contributed by atoms with Gasteiger partial charge in [-0.15, -0.1) is 0 Å². The van der Waals surface area contributed by atoms with Crippen LogP contribution in [-0.2, 0) is 14.0 Å². The van der Waals surface area contributed by atoms with Crippen LogP contribution in [0, 0.1) is 0 Å². The van der Waals surface area contributed by atoms with E-state index >= 15 is 0 Å². The number of rotatable bonds is 4. The zero-order valence-electron chi connectivity index (χ0n) is 9.20. The largest absolute Gasteiger partial charge is 0.365 e. The summed E-state index contributed by atoms with van der Waals surface area (Å²) in [4.78, 5) is 0. The fourth-order valence-electron chi connectivity index (χ4n) is 2.20. The molecule has 0 aliphatic carbocycles. The number of ether oxygens (including phenoxy) is 2. The minimum absolute atomic E-state index is 0.0358. The smallest absolute Gasteiger partial charge is 0.154 e. The molecule has 1 aromatic carbocycles. The summed E-state index contributed by atoms with van der Waals surface area (Å²) in [5.41, 5.74) is 1.16. The van der Waals surface area contributed by atoms with E-state index in [4.69, 9.17) is 9.47 Å². The summed E-state index contributed by atoms with van der Waals surface area (Å²) in [6.07, 6.45) is 0. The van der Waals surface area contributed by atoms with Crippen LogP contribution in [0.25, 0.3) is 0 Å². The monoisotopic (exact) mass is 238 g/mol. The minimum Gasteiger partial charge on any atom is -0.365 e. The molecule has 16 heavy (non-hydrogen) atoms. The standard InChI is InChI=1S/C12H15O3P/c1-9(10-5-3-2-4-6-10)16(13,11-7-14-11)12-8-15-12/h2-6,9,11-12H,7-8H2,1H3. The Labute approximate surface area is 95.1 Å². The van der Waals surface area contributed by atoms with Crippen LogP contribution < -0.4 is 0 Å². The van der Waals surface area contributed by atoms with E-state index in [0.29, 0.717) is 13.2 Å². The van der Waals surface area contributed by atoms with Crippen LogP contribution in [0.4, 0.5) is 0 Å². The maximum Gasteiger partial charge on any atom is 0.154 e. The Bertz CT molecular complexity index is 407. The lowest BCUT2D eigenvalue weighted by atomic mass is 10.2. The molecule has 3 nitrogen and oxygen atoms in total. The Morgan fingerprint density at radius 2 is 1.69 bits per heavy atom. The van der Waals surface area contributed by atoms with E-state index in [-0.39, 0.29) is 17.3 Å². The molecule has 2 saturated heterocycles. The van der Waals surface area contributed by atoms with Crippen molar-refractivity contribution in [1.82, 2.24) is 0 Å². The van der Waals surface area contributed by atoms with E-state index in [1.807, 2.05) is 37.3 Å². The fourth-order valence-corrected chi connectivity index (χ4v) is 5.31. The summed E-state index contributed by atoms with van der Waals surface area (Å²) >= 11 is 0. The molecule has 2 fully saturated rings. The van der Waals surface area contributed by atoms with Gasteiger partial charge < -0.3 is 14.0 Å². The Balaban J connectivity index is 1.92. The first-order valence-corrected chi connectivity index (χ1v) is 7.51. The number of benzene rings is 1. The maximum absolute atomic E-state index is 13.0. The van der Waals surface area contributed by atoms with Gasteiger partial charge in [0.15, 0.2) is 7.14 Å². The number of epoxide rings is 2. The summed E-state index contributed by atoms with van der Waals surface area (Å²) in [7, 11) is -2.40. The molecular weight excluding hydrogens is 223 g/mol. The van der Waals surface area contributed by atoms with Crippen molar-refractivity contribution in [3.63, 3.8) is 0 Å². The molecular formula is C12H15O3P. The maximum atomic E-state index is 13.0. The first kappa shape index (κ1) is 10.5. The van der Waals surface area contributed by atoms with Crippen molar-refractivity contribution >= 4 is 7.14 Å². The van der Waals surface area contributed by atoms with Gasteiger partial charge in [-0.05, 0) is 5.56 Å². The van der Waals surface area contributed by atoms with Crippen LogP contribution in [0.3, 0.4) is 0 Å². The predicted molar refractivity (Wildman–Crippen MR) is 61.9 cm³/mol. The molecule has 4 heteroatoms. The van der Waals surface area contributed by atoms with E-state index in [9.17, 15) is 4.57 Å². The third-order valence-corrected chi connectivity index (χ3v) is 7.32. The lowest BCUT2D eigenvalue weighted by molar-refractivity contribution is 0.418. The van der Waals surface area contributed by atoms with Crippen molar-refractivity contribution in [3.05, 3.63) is 35.9 Å². The summed E-state index contributed by atoms with van der Waals surface area (Å²) < 4.78 is 23.5. The van der Waals surface area contributed by atoms with E-state index in [0.717, 1.165) is 5.56 Å². The minimum atomic E-state index is -2.40. The van der Waals surface area contributed by atoms with Crippen LogP contribution in [-0.4, -0.2) is 24.9 Å². The van der Waals surface area contributed by atoms with E-state index < -0.39 is 7.14 Å². The van der Waals surface area contributed by atoms with E-state index in [1.54, 1.807) is 0 Å². The van der Waals surface area contributed by atoms with Crippen molar-refractivity contribution in [2.45, 2.75) is 24.3 Å². The highest BCUT2D eigenvalue weighted by atomic mass is 31.2. The van der Waals surface area contributed by atoms with Gasteiger partial charge in [0, 0.05) is 5.66 Å². The van der Waals surface area contributed by atoms with E-state index in [1.165, 1.54) is 0 Å². The topological polar surface area (TPSA) is 42.1 Å². The first-order chi connectivity index (χ1) is 7.73. The van der Waals surface area contributed by atoms with Gasteiger partial charge in [-0.2, -0.15) is 0 Å². The molecule has 3 rings (SSSR count). The number of hydrogen-bond donors (Lipinski definition) is 0. The van der Waals surface area contributed by atoms with Crippen LogP contribution in [0.5, 0.6) is 0 Å². The van der Waals surface area contributed by atoms with Gasteiger partial charge in [0.2, 0.25) is 0 Å². The average molecular weight is 238 g/mol. The summed E-state index contributed by atoms with van der Waals surface area (Å²) in [5.74, 6) is -0.120. The second-order valence-electron chi connectivity index (χ2n) is 4.43. The molecule has 3 atom stereocenters. The van der Waals surface area contributed by atoms with Gasteiger partial charge in [0.1, 0.15) is 11.7 Å². The molecule has 0 amide bonds. The van der Waals surface area contributed by atoms with Gasteiger partial charge in [0.05, 0.1) is 13.2 Å². The highest BCUT2D eigenvalue weighted by Gasteiger charge is 2.56. The molecule has 86 valence electrons. The Morgan fingerprint density at radius 1 is 1.19 bits per heavy atom. The highest BCUT2D eigenvalue weighted by molar-refractivity contribution is 7.66. The van der Waals surface area contributed by atoms with Crippen molar-refractivity contribution in [1.29, 1.82) is 0 Å². The van der Waals surface area contributed by atoms with Crippen molar-refractivity contribution in [2.75, 3.05) is 13.2 Å². The lowest BCUT2D eigenvalue weighted by Gasteiger charge is -2.21. The van der Waals surface area contributed by atoms with Gasteiger partial charge in [-0.25, -0.2) is 0 Å². The highest BCUT2D eigenvalue weighted by Crippen LogP contribution is 2.72. The van der Waals surface area contributed by atoms with Crippen molar-refractivity contribution in [2.24, 2.45) is 0 Å². The van der Waals surface area contributed by atoms with Crippen LogP contribution in [0.15, 0.2) is 30.3 Å². The van der Waals surface area contributed by atoms with Crippen LogP contribution in [0.2, 0.25) is 0 Å². The van der Waals surface area contributed by atoms with Crippen molar-refractivity contribution in [3.8, 4) is 0 Å².